The van der Waals surface area contributed by atoms with E-state index in [2.05, 4.69) is 19.6 Å². The fourth-order valence-corrected chi connectivity index (χ4v) is 0.540. The smallest absolute Gasteiger partial charge is 0.164 e. The molecule has 9 heavy (non-hydrogen) atoms. The third kappa shape index (κ3) is 5.63. The lowest BCUT2D eigenvalue weighted by Crippen LogP contribution is -1.91. The first kappa shape index (κ1) is 8.76. The fraction of sp³-hybridized carbons (Fsp3) is 0.571. The molecule has 52 valence electrons. The van der Waals surface area contributed by atoms with Crippen molar-refractivity contribution in [3.63, 3.8) is 0 Å². The SMILES string of the molecule is CCCC=CC(=O)CS. The van der Waals surface area contributed by atoms with Gasteiger partial charge < -0.3 is 0 Å². The first-order valence-electron chi connectivity index (χ1n) is 3.11. The van der Waals surface area contributed by atoms with Crippen molar-refractivity contribution in [1.29, 1.82) is 0 Å². The number of rotatable bonds is 4. The highest BCUT2D eigenvalue weighted by atomic mass is 32.1. The van der Waals surface area contributed by atoms with Crippen LogP contribution in [0.4, 0.5) is 0 Å². The molecule has 0 fully saturated rings. The topological polar surface area (TPSA) is 17.1 Å². The van der Waals surface area contributed by atoms with Gasteiger partial charge in [0.05, 0.1) is 5.75 Å². The van der Waals surface area contributed by atoms with Crippen molar-refractivity contribution in [2.45, 2.75) is 19.8 Å². The summed E-state index contributed by atoms with van der Waals surface area (Å²) >= 11 is 3.82. The quantitative estimate of drug-likeness (QED) is 0.470. The molecule has 0 amide bonds. The molecule has 0 radical (unpaired) electrons. The highest BCUT2D eigenvalue weighted by Gasteiger charge is 1.86. The maximum atomic E-state index is 10.5. The van der Waals surface area contributed by atoms with E-state index in [1.54, 1.807) is 6.08 Å². The lowest BCUT2D eigenvalue weighted by atomic mass is 10.3. The Bertz CT molecular complexity index is 107. The molecule has 0 bridgehead atoms. The van der Waals surface area contributed by atoms with E-state index in [9.17, 15) is 4.79 Å². The normalized spacial score (nSPS) is 10.4. The van der Waals surface area contributed by atoms with Crippen molar-refractivity contribution in [2.24, 2.45) is 0 Å². The van der Waals surface area contributed by atoms with Crippen molar-refractivity contribution in [3.8, 4) is 0 Å². The van der Waals surface area contributed by atoms with Crippen molar-refractivity contribution >= 4 is 18.4 Å². The van der Waals surface area contributed by atoms with Gasteiger partial charge in [-0.3, -0.25) is 4.79 Å². The van der Waals surface area contributed by atoms with Crippen LogP contribution in [0, 0.1) is 0 Å². The fourth-order valence-electron chi connectivity index (χ4n) is 0.434. The van der Waals surface area contributed by atoms with Gasteiger partial charge in [0.2, 0.25) is 0 Å². The number of hydrogen-bond acceptors (Lipinski definition) is 2. The largest absolute Gasteiger partial charge is 0.294 e. The standard InChI is InChI=1S/C7H12OS/c1-2-3-4-5-7(8)6-9/h4-5,9H,2-3,6H2,1H3. The number of hydrogen-bond donors (Lipinski definition) is 1. The Balaban J connectivity index is 3.32. The van der Waals surface area contributed by atoms with Crippen LogP contribution in [-0.2, 0) is 4.79 Å². The third-order valence-corrected chi connectivity index (χ3v) is 1.23. The van der Waals surface area contributed by atoms with E-state index in [0.29, 0.717) is 5.75 Å². The minimum Gasteiger partial charge on any atom is -0.294 e. The van der Waals surface area contributed by atoms with Gasteiger partial charge in [-0.2, -0.15) is 12.6 Å². The van der Waals surface area contributed by atoms with Gasteiger partial charge in [0.1, 0.15) is 0 Å². The molecule has 1 nitrogen and oxygen atoms in total. The van der Waals surface area contributed by atoms with Gasteiger partial charge in [0.15, 0.2) is 5.78 Å². The molecule has 0 heterocycles. The number of carbonyl (C=O) groups is 1. The first-order chi connectivity index (χ1) is 4.31. The van der Waals surface area contributed by atoms with E-state index in [-0.39, 0.29) is 5.78 Å². The van der Waals surface area contributed by atoms with Crippen LogP contribution in [0.2, 0.25) is 0 Å². The number of carbonyl (C=O) groups excluding carboxylic acids is 1. The van der Waals surface area contributed by atoms with E-state index in [4.69, 9.17) is 0 Å². The van der Waals surface area contributed by atoms with Crippen molar-refractivity contribution in [2.75, 3.05) is 5.75 Å². The van der Waals surface area contributed by atoms with Crippen LogP contribution in [-0.4, -0.2) is 11.5 Å². The zero-order valence-corrected chi connectivity index (χ0v) is 6.53. The Morgan fingerprint density at radius 3 is 2.78 bits per heavy atom. The van der Waals surface area contributed by atoms with Crippen LogP contribution in [0.3, 0.4) is 0 Å². The number of ketones is 1. The van der Waals surface area contributed by atoms with Crippen LogP contribution in [0.5, 0.6) is 0 Å². The van der Waals surface area contributed by atoms with Crippen LogP contribution >= 0.6 is 12.6 Å². The van der Waals surface area contributed by atoms with Crippen molar-refractivity contribution in [3.05, 3.63) is 12.2 Å². The second-order valence-corrected chi connectivity index (χ2v) is 2.13. The highest BCUT2D eigenvalue weighted by Crippen LogP contribution is 1.89. The monoisotopic (exact) mass is 144 g/mol. The minimum atomic E-state index is 0.0896. The molecule has 0 aromatic rings. The Morgan fingerprint density at radius 2 is 2.33 bits per heavy atom. The average Bonchev–Trinajstić information content (AvgIpc) is 1.89. The highest BCUT2D eigenvalue weighted by molar-refractivity contribution is 7.81. The molecule has 0 spiro atoms. The van der Waals surface area contributed by atoms with Crippen molar-refractivity contribution in [1.82, 2.24) is 0 Å². The summed E-state index contributed by atoms with van der Waals surface area (Å²) in [5.74, 6) is 0.409. The van der Waals surface area contributed by atoms with E-state index >= 15 is 0 Å². The molecule has 0 aliphatic carbocycles. The third-order valence-electron chi connectivity index (χ3n) is 0.915. The van der Waals surface area contributed by atoms with E-state index in [1.807, 2.05) is 6.08 Å². The summed E-state index contributed by atoms with van der Waals surface area (Å²) in [5, 5.41) is 0. The molecule has 0 rings (SSSR count). The van der Waals surface area contributed by atoms with Gasteiger partial charge >= 0.3 is 0 Å². The van der Waals surface area contributed by atoms with Crippen LogP contribution in [0.1, 0.15) is 19.8 Å². The van der Waals surface area contributed by atoms with E-state index < -0.39 is 0 Å². The molecule has 0 unspecified atom stereocenters. The second kappa shape index (κ2) is 5.89. The molecule has 0 aliphatic heterocycles. The van der Waals surface area contributed by atoms with Gasteiger partial charge in [-0.15, -0.1) is 0 Å². The summed E-state index contributed by atoms with van der Waals surface area (Å²) in [6.45, 7) is 2.08. The lowest BCUT2D eigenvalue weighted by molar-refractivity contribution is -0.112. The number of allylic oxidation sites excluding steroid dienone is 2. The van der Waals surface area contributed by atoms with Gasteiger partial charge in [-0.05, 0) is 12.5 Å². The van der Waals surface area contributed by atoms with E-state index in [0.717, 1.165) is 12.8 Å². The average molecular weight is 144 g/mol. The van der Waals surface area contributed by atoms with Gasteiger partial charge in [-0.1, -0.05) is 19.4 Å². The van der Waals surface area contributed by atoms with Gasteiger partial charge in [-0.25, -0.2) is 0 Å². The number of unbranched alkanes of at least 4 members (excludes halogenated alkanes) is 1. The number of thiol groups is 1. The Kier molecular flexibility index (Phi) is 5.73. The Hall–Kier alpha value is -0.240. The zero-order chi connectivity index (χ0) is 7.11. The van der Waals surface area contributed by atoms with Crippen LogP contribution < -0.4 is 0 Å². The Labute approximate surface area is 61.6 Å². The first-order valence-corrected chi connectivity index (χ1v) is 3.74. The molecule has 0 aromatic carbocycles. The molecule has 0 aromatic heterocycles. The summed E-state index contributed by atoms with van der Waals surface area (Å²) in [6, 6.07) is 0. The van der Waals surface area contributed by atoms with Crippen LogP contribution in [0.15, 0.2) is 12.2 Å². The van der Waals surface area contributed by atoms with Gasteiger partial charge in [0.25, 0.3) is 0 Å². The predicted molar refractivity (Wildman–Crippen MR) is 42.9 cm³/mol. The summed E-state index contributed by atoms with van der Waals surface area (Å²) in [5.41, 5.74) is 0. The molecule has 0 N–H and O–H groups in total. The van der Waals surface area contributed by atoms with Crippen LogP contribution in [0.25, 0.3) is 0 Å². The predicted octanol–water partition coefficient (Wildman–Crippen LogP) is 1.84. The molecule has 0 aliphatic rings. The summed E-state index contributed by atoms with van der Waals surface area (Å²) < 4.78 is 0. The zero-order valence-electron chi connectivity index (χ0n) is 5.63. The molecule has 2 heteroatoms. The summed E-state index contributed by atoms with van der Waals surface area (Å²) in [6.07, 6.45) is 5.56. The Morgan fingerprint density at radius 1 is 1.67 bits per heavy atom. The maximum absolute atomic E-state index is 10.5. The molecule has 0 saturated carbocycles. The van der Waals surface area contributed by atoms with E-state index in [1.165, 1.54) is 0 Å². The van der Waals surface area contributed by atoms with Crippen molar-refractivity contribution < 1.29 is 4.79 Å². The minimum absolute atomic E-state index is 0.0896. The molecular weight excluding hydrogens is 132 g/mol. The summed E-state index contributed by atoms with van der Waals surface area (Å²) in [4.78, 5) is 10.5. The van der Waals surface area contributed by atoms with Gasteiger partial charge in [0, 0.05) is 0 Å². The molecule has 0 saturated heterocycles. The lowest BCUT2D eigenvalue weighted by Gasteiger charge is -1.83. The summed E-state index contributed by atoms with van der Waals surface area (Å²) in [7, 11) is 0. The maximum Gasteiger partial charge on any atom is 0.164 e. The molecular formula is C7H12OS. The molecule has 0 atom stereocenters. The second-order valence-electron chi connectivity index (χ2n) is 1.82.